The molecule has 3 aliphatic heterocycles. The Balaban J connectivity index is 1.51. The molecule has 0 N–H and O–H groups in total. The van der Waals surface area contributed by atoms with Crippen molar-refractivity contribution in [2.24, 2.45) is 5.92 Å². The number of hydrogen-bond acceptors (Lipinski definition) is 8. The lowest BCUT2D eigenvalue weighted by Gasteiger charge is -2.32. The molecule has 0 atom stereocenters. The Kier molecular flexibility index (Phi) is 7.17. The van der Waals surface area contributed by atoms with Crippen LogP contribution in [0.15, 0.2) is 44.9 Å². The summed E-state index contributed by atoms with van der Waals surface area (Å²) in [7, 11) is 0. The Morgan fingerprint density at radius 3 is 2.47 bits per heavy atom. The molecule has 0 unspecified atom stereocenters. The fourth-order valence-electron chi connectivity index (χ4n) is 4.09. The van der Waals surface area contributed by atoms with Crippen molar-refractivity contribution in [3.63, 3.8) is 0 Å². The van der Waals surface area contributed by atoms with Crippen LogP contribution in [-0.2, 0) is 19.1 Å². The van der Waals surface area contributed by atoms with E-state index in [4.69, 9.17) is 4.74 Å². The number of nitrogens with zero attached hydrogens (tertiary/aromatic N) is 2. The van der Waals surface area contributed by atoms with Gasteiger partial charge >= 0.3 is 5.97 Å². The third kappa shape index (κ3) is 4.69. The van der Waals surface area contributed by atoms with Gasteiger partial charge in [-0.1, -0.05) is 35.7 Å². The monoisotopic (exact) mass is 472 g/mol. The third-order valence-electron chi connectivity index (χ3n) is 5.72. The van der Waals surface area contributed by atoms with Crippen LogP contribution in [0.3, 0.4) is 0 Å². The van der Waals surface area contributed by atoms with Crippen molar-refractivity contribution in [2.45, 2.75) is 19.8 Å². The molecule has 0 spiro atoms. The smallest absolute Gasteiger partial charge is 0.309 e. The first-order chi connectivity index (χ1) is 15.5. The molecule has 3 aliphatic rings. The second kappa shape index (κ2) is 10.1. The summed E-state index contributed by atoms with van der Waals surface area (Å²) in [6.45, 7) is 3.32. The van der Waals surface area contributed by atoms with Crippen LogP contribution in [0.4, 0.5) is 5.69 Å². The minimum absolute atomic E-state index is 0.127. The first kappa shape index (κ1) is 22.8. The fraction of sp³-hybridized carbons (Fsp3) is 0.391. The van der Waals surface area contributed by atoms with Crippen LogP contribution in [0.1, 0.15) is 30.1 Å². The Hall–Kier alpha value is -2.36. The van der Waals surface area contributed by atoms with E-state index in [1.165, 1.54) is 28.4 Å². The molecule has 0 radical (unpaired) electrons. The SMILES string of the molecule is CCOC(=O)C1CCN(CC(=O)N2CC(=O)C(=C3SC=CS3)C(=O)c3ccccc32)CC1. The van der Waals surface area contributed by atoms with Gasteiger partial charge in [0.05, 0.1) is 41.1 Å². The molecule has 3 heterocycles. The highest BCUT2D eigenvalue weighted by Gasteiger charge is 2.36. The number of rotatable bonds is 4. The number of benzene rings is 1. The van der Waals surface area contributed by atoms with Crippen molar-refractivity contribution < 1.29 is 23.9 Å². The van der Waals surface area contributed by atoms with Crippen LogP contribution >= 0.6 is 23.5 Å². The molecule has 9 heteroatoms. The van der Waals surface area contributed by atoms with Crippen LogP contribution in [0.5, 0.6) is 0 Å². The minimum atomic E-state index is -0.348. The number of carbonyl (C=O) groups is 4. The van der Waals surface area contributed by atoms with E-state index in [1.807, 2.05) is 15.7 Å². The molecule has 1 amide bonds. The van der Waals surface area contributed by atoms with E-state index < -0.39 is 0 Å². The number of carbonyl (C=O) groups excluding carboxylic acids is 4. The number of piperidine rings is 1. The summed E-state index contributed by atoms with van der Waals surface area (Å²) in [5, 5.41) is 3.68. The van der Waals surface area contributed by atoms with Crippen LogP contribution in [-0.4, -0.2) is 61.1 Å². The number of thioether (sulfide) groups is 2. The maximum absolute atomic E-state index is 13.3. The van der Waals surface area contributed by atoms with Gasteiger partial charge in [0.2, 0.25) is 5.91 Å². The molecule has 32 heavy (non-hydrogen) atoms. The molecule has 0 aliphatic carbocycles. The lowest BCUT2D eigenvalue weighted by Crippen LogP contribution is -2.45. The Bertz CT molecular complexity index is 1000. The van der Waals surface area contributed by atoms with Gasteiger partial charge in [-0.15, -0.1) is 0 Å². The van der Waals surface area contributed by atoms with Crippen LogP contribution in [0, 0.1) is 5.92 Å². The van der Waals surface area contributed by atoms with Gasteiger partial charge in [0.1, 0.15) is 0 Å². The topological polar surface area (TPSA) is 84.0 Å². The zero-order chi connectivity index (χ0) is 22.7. The summed E-state index contributed by atoms with van der Waals surface area (Å²) >= 11 is 2.71. The molecule has 1 fully saturated rings. The first-order valence-corrected chi connectivity index (χ1v) is 12.3. The van der Waals surface area contributed by atoms with Gasteiger partial charge in [-0.2, -0.15) is 0 Å². The van der Waals surface area contributed by atoms with E-state index in [-0.39, 0.29) is 48.0 Å². The largest absolute Gasteiger partial charge is 0.466 e. The Labute approximate surface area is 195 Å². The second-order valence-electron chi connectivity index (χ2n) is 7.72. The summed E-state index contributed by atoms with van der Waals surface area (Å²) < 4.78 is 5.76. The predicted molar refractivity (Wildman–Crippen MR) is 125 cm³/mol. The lowest BCUT2D eigenvalue weighted by molar-refractivity contribution is -0.149. The second-order valence-corrected chi connectivity index (χ2v) is 9.81. The highest BCUT2D eigenvalue weighted by atomic mass is 32.2. The van der Waals surface area contributed by atoms with Gasteiger partial charge in [0.15, 0.2) is 11.6 Å². The number of amides is 1. The number of hydrogen-bond donors (Lipinski definition) is 0. The highest BCUT2D eigenvalue weighted by Crippen LogP contribution is 2.42. The maximum Gasteiger partial charge on any atom is 0.309 e. The zero-order valence-electron chi connectivity index (χ0n) is 17.7. The quantitative estimate of drug-likeness (QED) is 0.375. The molecule has 1 aromatic carbocycles. The van der Waals surface area contributed by atoms with Crippen molar-refractivity contribution in [3.8, 4) is 0 Å². The Morgan fingerprint density at radius 2 is 1.78 bits per heavy atom. The van der Waals surface area contributed by atoms with E-state index >= 15 is 0 Å². The number of likely N-dealkylation sites (tertiary alicyclic amines) is 1. The molecule has 4 rings (SSSR count). The average molecular weight is 473 g/mol. The summed E-state index contributed by atoms with van der Waals surface area (Å²) in [4.78, 5) is 54.9. The average Bonchev–Trinajstić information content (AvgIpc) is 3.29. The minimum Gasteiger partial charge on any atom is -0.466 e. The normalized spacial score (nSPS) is 19.8. The molecular formula is C23H24N2O5S2. The van der Waals surface area contributed by atoms with Gasteiger partial charge in [0.25, 0.3) is 0 Å². The molecule has 0 bridgehead atoms. The fourth-order valence-corrected chi connectivity index (χ4v) is 5.98. The molecule has 1 saturated heterocycles. The van der Waals surface area contributed by atoms with Crippen LogP contribution in [0.2, 0.25) is 0 Å². The number of para-hydroxylation sites is 1. The number of fused-ring (bicyclic) bond motifs is 1. The molecule has 0 aromatic heterocycles. The van der Waals surface area contributed by atoms with E-state index in [9.17, 15) is 19.2 Å². The number of anilines is 1. The molecule has 1 aromatic rings. The zero-order valence-corrected chi connectivity index (χ0v) is 19.4. The summed E-state index contributed by atoms with van der Waals surface area (Å²) in [5.41, 5.74) is 0.986. The number of ketones is 2. The van der Waals surface area contributed by atoms with Gasteiger partial charge in [-0.25, -0.2) is 0 Å². The molecular weight excluding hydrogens is 448 g/mol. The van der Waals surface area contributed by atoms with Gasteiger partial charge in [-0.05, 0) is 55.8 Å². The molecule has 7 nitrogen and oxygen atoms in total. The van der Waals surface area contributed by atoms with Crippen LogP contribution < -0.4 is 4.90 Å². The summed E-state index contributed by atoms with van der Waals surface area (Å²) in [5.74, 6) is -1.23. The molecule has 0 saturated carbocycles. The maximum atomic E-state index is 13.3. The summed E-state index contributed by atoms with van der Waals surface area (Å²) in [6.07, 6.45) is 1.27. The van der Waals surface area contributed by atoms with E-state index in [2.05, 4.69) is 0 Å². The van der Waals surface area contributed by atoms with Crippen molar-refractivity contribution in [1.29, 1.82) is 0 Å². The van der Waals surface area contributed by atoms with E-state index in [1.54, 1.807) is 31.2 Å². The van der Waals surface area contributed by atoms with Crippen molar-refractivity contribution in [2.75, 3.05) is 37.7 Å². The van der Waals surface area contributed by atoms with Crippen molar-refractivity contribution in [3.05, 3.63) is 50.5 Å². The van der Waals surface area contributed by atoms with Crippen molar-refractivity contribution in [1.82, 2.24) is 4.90 Å². The number of Topliss-reactive ketones (excluding diaryl/α,β-unsaturated/α-hetero) is 2. The van der Waals surface area contributed by atoms with Crippen molar-refractivity contribution >= 4 is 52.7 Å². The lowest BCUT2D eigenvalue weighted by atomic mass is 9.97. The summed E-state index contributed by atoms with van der Waals surface area (Å²) in [6, 6.07) is 6.89. The van der Waals surface area contributed by atoms with E-state index in [0.29, 0.717) is 48.0 Å². The van der Waals surface area contributed by atoms with Gasteiger partial charge in [0, 0.05) is 5.56 Å². The highest BCUT2D eigenvalue weighted by molar-refractivity contribution is 8.27. The third-order valence-corrected chi connectivity index (χ3v) is 7.85. The predicted octanol–water partition coefficient (Wildman–Crippen LogP) is 3.22. The standard InChI is InChI=1S/C23H24N2O5S2/c1-2-30-22(29)15-7-9-24(10-8-15)14-19(27)25-13-18(26)20(23-31-11-12-32-23)21(28)16-5-3-4-6-17(16)25/h3-6,11-12,15H,2,7-10,13-14H2,1H3. The first-order valence-electron chi connectivity index (χ1n) is 10.6. The van der Waals surface area contributed by atoms with Crippen LogP contribution in [0.25, 0.3) is 0 Å². The molecule has 168 valence electrons. The van der Waals surface area contributed by atoms with Gasteiger partial charge < -0.3 is 9.64 Å². The Morgan fingerprint density at radius 1 is 1.09 bits per heavy atom. The number of esters is 1. The number of ether oxygens (including phenoxy) is 1. The van der Waals surface area contributed by atoms with E-state index in [0.717, 1.165) is 0 Å². The van der Waals surface area contributed by atoms with Gasteiger partial charge in [-0.3, -0.25) is 24.1 Å².